The summed E-state index contributed by atoms with van der Waals surface area (Å²) in [5.41, 5.74) is 1.31. The Bertz CT molecular complexity index is 716. The lowest BCUT2D eigenvalue weighted by Gasteiger charge is -2.15. The molecule has 0 radical (unpaired) electrons. The van der Waals surface area contributed by atoms with Crippen LogP contribution in [0.5, 0.6) is 0 Å². The van der Waals surface area contributed by atoms with Crippen LogP contribution in [0, 0.1) is 0 Å². The lowest BCUT2D eigenvalue weighted by molar-refractivity contribution is 0.247. The molecule has 0 bridgehead atoms. The average molecular weight is 394 g/mol. The molecule has 0 saturated heterocycles. The number of benzene rings is 1. The normalized spacial score (nSPS) is 12.0. The minimum absolute atomic E-state index is 0.0314. The van der Waals surface area contributed by atoms with Crippen LogP contribution in [0.3, 0.4) is 0 Å². The summed E-state index contributed by atoms with van der Waals surface area (Å²) in [4.78, 5) is 11.9. The summed E-state index contributed by atoms with van der Waals surface area (Å²) in [5.74, 6) is 0. The van der Waals surface area contributed by atoms with Crippen molar-refractivity contribution in [3.05, 3.63) is 29.8 Å². The van der Waals surface area contributed by atoms with Gasteiger partial charge in [0.25, 0.3) is 10.1 Å². The number of urea groups is 1. The van der Waals surface area contributed by atoms with Crippen molar-refractivity contribution in [2.45, 2.75) is 6.42 Å². The topological polar surface area (TPSA) is 120 Å². The minimum atomic E-state index is -3.54. The Morgan fingerprint density at radius 1 is 1.20 bits per heavy atom. The van der Waals surface area contributed by atoms with Crippen LogP contribution in [-0.2, 0) is 34.3 Å². The molecule has 0 aliphatic heterocycles. The van der Waals surface area contributed by atoms with E-state index in [9.17, 15) is 17.8 Å². The molecule has 0 aromatic heterocycles. The number of aryl methyl sites for hydroxylation is 1. The van der Waals surface area contributed by atoms with E-state index in [1.807, 2.05) is 0 Å². The number of carbonyl (C=O) groups is 1. The number of anilines is 1. The van der Waals surface area contributed by atoms with Gasteiger partial charge in [0, 0.05) is 26.5 Å². The SMILES string of the molecule is COP(=O)(CCc1ccccc1NC(=O)NCCOS(C)(=O)=O)OC. The molecular weight excluding hydrogens is 371 g/mol. The standard InChI is InChI=1S/C14H23N2O7PS/c1-21-24(18,22-2)11-8-12-6-4-5-7-13(12)16-14(17)15-9-10-23-25(3,19)20/h4-7H,8-11H2,1-3H3,(H2,15,16,17). The van der Waals surface area contributed by atoms with Gasteiger partial charge >= 0.3 is 13.6 Å². The average Bonchev–Trinajstić information content (AvgIpc) is 2.57. The van der Waals surface area contributed by atoms with E-state index >= 15 is 0 Å². The van der Waals surface area contributed by atoms with E-state index in [1.54, 1.807) is 24.3 Å². The van der Waals surface area contributed by atoms with Gasteiger partial charge in [0.15, 0.2) is 0 Å². The summed E-state index contributed by atoms with van der Waals surface area (Å²) in [5, 5.41) is 5.14. The van der Waals surface area contributed by atoms with Crippen molar-refractivity contribution in [3.63, 3.8) is 0 Å². The first-order chi connectivity index (χ1) is 11.7. The Hall–Kier alpha value is -1.45. The van der Waals surface area contributed by atoms with Crippen molar-refractivity contribution in [1.29, 1.82) is 0 Å². The zero-order valence-corrected chi connectivity index (χ0v) is 16.1. The summed E-state index contributed by atoms with van der Waals surface area (Å²) in [6, 6.07) is 6.53. The van der Waals surface area contributed by atoms with Gasteiger partial charge in [-0.15, -0.1) is 0 Å². The lowest BCUT2D eigenvalue weighted by atomic mass is 10.1. The first-order valence-corrected chi connectivity index (χ1v) is 10.9. The van der Waals surface area contributed by atoms with Crippen LogP contribution in [0.4, 0.5) is 10.5 Å². The number of para-hydroxylation sites is 1. The van der Waals surface area contributed by atoms with Crippen molar-refractivity contribution in [1.82, 2.24) is 5.32 Å². The minimum Gasteiger partial charge on any atom is -0.335 e. The van der Waals surface area contributed by atoms with Crippen LogP contribution in [0.25, 0.3) is 0 Å². The van der Waals surface area contributed by atoms with Crippen molar-refractivity contribution in [3.8, 4) is 0 Å². The largest absolute Gasteiger partial charge is 0.335 e. The van der Waals surface area contributed by atoms with Crippen LogP contribution in [0.2, 0.25) is 0 Å². The Morgan fingerprint density at radius 2 is 1.84 bits per heavy atom. The molecule has 1 rings (SSSR count). The van der Waals surface area contributed by atoms with E-state index in [4.69, 9.17) is 9.05 Å². The van der Waals surface area contributed by atoms with E-state index in [0.29, 0.717) is 12.1 Å². The molecule has 0 fully saturated rings. The third-order valence-corrected chi connectivity index (χ3v) is 5.64. The van der Waals surface area contributed by atoms with E-state index < -0.39 is 23.7 Å². The van der Waals surface area contributed by atoms with Crippen LogP contribution in [0.1, 0.15) is 5.56 Å². The first-order valence-electron chi connectivity index (χ1n) is 7.37. The van der Waals surface area contributed by atoms with Crippen molar-refractivity contribution < 1.29 is 31.0 Å². The molecule has 2 N–H and O–H groups in total. The Morgan fingerprint density at radius 3 is 2.44 bits per heavy atom. The predicted molar refractivity (Wildman–Crippen MR) is 94.5 cm³/mol. The van der Waals surface area contributed by atoms with Crippen molar-refractivity contribution in [2.75, 3.05) is 45.1 Å². The number of hydrogen-bond acceptors (Lipinski definition) is 7. The molecule has 0 atom stereocenters. The second-order valence-corrected chi connectivity index (χ2v) is 9.06. The highest BCUT2D eigenvalue weighted by Crippen LogP contribution is 2.46. The highest BCUT2D eigenvalue weighted by Gasteiger charge is 2.21. The fourth-order valence-corrected chi connectivity index (χ4v) is 3.31. The molecule has 1 aromatic rings. The summed E-state index contributed by atoms with van der Waals surface area (Å²) in [7, 11) is -4.04. The summed E-state index contributed by atoms with van der Waals surface area (Å²) in [6.07, 6.45) is 1.48. The van der Waals surface area contributed by atoms with Crippen molar-refractivity contribution in [2.24, 2.45) is 0 Å². The Balaban J connectivity index is 2.58. The molecule has 25 heavy (non-hydrogen) atoms. The van der Waals surface area contributed by atoms with Gasteiger partial charge in [-0.05, 0) is 18.1 Å². The Labute approximate surface area is 147 Å². The van der Waals surface area contributed by atoms with Crippen LogP contribution in [-0.4, -0.2) is 54.2 Å². The third kappa shape index (κ3) is 8.46. The van der Waals surface area contributed by atoms with E-state index in [-0.39, 0.29) is 19.3 Å². The third-order valence-electron chi connectivity index (χ3n) is 3.16. The summed E-state index contributed by atoms with van der Waals surface area (Å²) >= 11 is 0. The molecule has 0 unspecified atom stereocenters. The molecular formula is C14H23N2O7PS. The van der Waals surface area contributed by atoms with E-state index in [0.717, 1.165) is 11.8 Å². The molecule has 1 aromatic carbocycles. The maximum absolute atomic E-state index is 12.1. The second kappa shape index (κ2) is 9.88. The van der Waals surface area contributed by atoms with Gasteiger partial charge in [-0.1, -0.05) is 18.2 Å². The zero-order valence-electron chi connectivity index (χ0n) is 14.4. The molecule has 0 aliphatic rings. The zero-order chi connectivity index (χ0) is 18.9. The second-order valence-electron chi connectivity index (χ2n) is 5.01. The van der Waals surface area contributed by atoms with Gasteiger partial charge < -0.3 is 19.7 Å². The summed E-state index contributed by atoms with van der Waals surface area (Å²) in [6.45, 7) is -0.123. The maximum Gasteiger partial charge on any atom is 0.330 e. The monoisotopic (exact) mass is 394 g/mol. The molecule has 0 spiro atoms. The number of nitrogens with one attached hydrogen (secondary N) is 2. The highest BCUT2D eigenvalue weighted by molar-refractivity contribution is 7.85. The number of carbonyl (C=O) groups excluding carboxylic acids is 1. The quantitative estimate of drug-likeness (QED) is 0.353. The molecule has 9 nitrogen and oxygen atoms in total. The maximum atomic E-state index is 12.1. The van der Waals surface area contributed by atoms with E-state index in [1.165, 1.54) is 14.2 Å². The molecule has 0 heterocycles. The summed E-state index contributed by atoms with van der Waals surface area (Å²) < 4.78 is 48.1. The molecule has 2 amide bonds. The van der Waals surface area contributed by atoms with Gasteiger partial charge in [-0.3, -0.25) is 8.75 Å². The molecule has 11 heteroatoms. The number of hydrogen-bond donors (Lipinski definition) is 2. The fraction of sp³-hybridized carbons (Fsp3) is 0.500. The van der Waals surface area contributed by atoms with Gasteiger partial charge in [0.05, 0.1) is 19.0 Å². The molecule has 142 valence electrons. The van der Waals surface area contributed by atoms with Crippen LogP contribution < -0.4 is 10.6 Å². The van der Waals surface area contributed by atoms with Crippen LogP contribution >= 0.6 is 7.60 Å². The van der Waals surface area contributed by atoms with Gasteiger partial charge in [-0.25, -0.2) is 4.79 Å². The number of rotatable bonds is 10. The highest BCUT2D eigenvalue weighted by atomic mass is 32.2. The van der Waals surface area contributed by atoms with Crippen molar-refractivity contribution >= 4 is 29.4 Å². The smallest absolute Gasteiger partial charge is 0.330 e. The lowest BCUT2D eigenvalue weighted by Crippen LogP contribution is -2.32. The van der Waals surface area contributed by atoms with E-state index in [2.05, 4.69) is 14.8 Å². The molecule has 0 aliphatic carbocycles. The van der Waals surface area contributed by atoms with Gasteiger partial charge in [0.2, 0.25) is 0 Å². The Kier molecular flexibility index (Phi) is 8.54. The predicted octanol–water partition coefficient (Wildman–Crippen LogP) is 1.81. The molecule has 0 saturated carbocycles. The van der Waals surface area contributed by atoms with Crippen LogP contribution in [0.15, 0.2) is 24.3 Å². The first kappa shape index (κ1) is 21.6. The van der Waals surface area contributed by atoms with Gasteiger partial charge in [0.1, 0.15) is 0 Å². The van der Waals surface area contributed by atoms with Gasteiger partial charge in [-0.2, -0.15) is 8.42 Å². The fourth-order valence-electron chi connectivity index (χ4n) is 1.90. The number of amides is 2.